The van der Waals surface area contributed by atoms with Gasteiger partial charge in [-0.3, -0.25) is 0 Å². The molecule has 0 aromatic heterocycles. The van der Waals surface area contributed by atoms with Gasteiger partial charge in [-0.05, 0) is 48.7 Å². The number of rotatable bonds is 0. The molecular formula is C11H22S2. The maximum Gasteiger partial charge on any atom is -0.00675 e. The highest BCUT2D eigenvalue weighted by molar-refractivity contribution is 7.99. The van der Waals surface area contributed by atoms with Crippen molar-refractivity contribution < 1.29 is 0 Å². The van der Waals surface area contributed by atoms with Gasteiger partial charge in [0.05, 0.1) is 0 Å². The van der Waals surface area contributed by atoms with Gasteiger partial charge in [0, 0.05) is 0 Å². The molecule has 2 saturated heterocycles. The minimum Gasteiger partial charge on any atom is -0.162 e. The molecule has 13 heavy (non-hydrogen) atoms. The van der Waals surface area contributed by atoms with Gasteiger partial charge in [-0.2, -0.15) is 23.5 Å². The third-order valence-electron chi connectivity index (χ3n) is 2.40. The summed E-state index contributed by atoms with van der Waals surface area (Å²) in [5, 5.41) is 0. The van der Waals surface area contributed by atoms with Crippen LogP contribution in [-0.2, 0) is 0 Å². The van der Waals surface area contributed by atoms with Crippen molar-refractivity contribution in [3.05, 3.63) is 0 Å². The maximum atomic E-state index is 2.12. The molecule has 78 valence electrons. The molecule has 2 heterocycles. The van der Waals surface area contributed by atoms with E-state index in [-0.39, 0.29) is 0 Å². The fourth-order valence-corrected chi connectivity index (χ4v) is 3.59. The molecular weight excluding hydrogens is 196 g/mol. The number of hydrogen-bond donors (Lipinski definition) is 0. The fraction of sp³-hybridized carbons (Fsp3) is 1.00. The Morgan fingerprint density at radius 3 is 1.08 bits per heavy atom. The van der Waals surface area contributed by atoms with Crippen LogP contribution in [0.1, 0.15) is 44.9 Å². The molecule has 0 saturated carbocycles. The van der Waals surface area contributed by atoms with Gasteiger partial charge < -0.3 is 0 Å². The molecule has 0 aromatic rings. The first kappa shape index (κ1) is 11.8. The molecule has 2 aliphatic rings. The zero-order valence-corrected chi connectivity index (χ0v) is 10.2. The molecule has 0 spiro atoms. The van der Waals surface area contributed by atoms with Crippen LogP contribution >= 0.6 is 23.5 Å². The topological polar surface area (TPSA) is 0 Å². The van der Waals surface area contributed by atoms with Gasteiger partial charge in [0.1, 0.15) is 0 Å². The highest BCUT2D eigenvalue weighted by Crippen LogP contribution is 2.15. The molecule has 0 atom stereocenters. The van der Waals surface area contributed by atoms with E-state index in [1.165, 1.54) is 68.0 Å². The van der Waals surface area contributed by atoms with Crippen LogP contribution in [0.5, 0.6) is 0 Å². The van der Waals surface area contributed by atoms with Crippen LogP contribution in [0.25, 0.3) is 0 Å². The van der Waals surface area contributed by atoms with Crippen molar-refractivity contribution in [2.24, 2.45) is 0 Å². The molecule has 0 radical (unpaired) electrons. The molecule has 0 aromatic carbocycles. The molecule has 0 amide bonds. The zero-order chi connectivity index (χ0) is 9.19. The van der Waals surface area contributed by atoms with Gasteiger partial charge in [-0.25, -0.2) is 0 Å². The summed E-state index contributed by atoms with van der Waals surface area (Å²) in [6.45, 7) is 0. The van der Waals surface area contributed by atoms with Crippen molar-refractivity contribution in [2.75, 3.05) is 23.0 Å². The van der Waals surface area contributed by atoms with Crippen molar-refractivity contribution >= 4 is 23.5 Å². The number of hydrogen-bond acceptors (Lipinski definition) is 2. The minimum atomic E-state index is 1.42. The average Bonchev–Trinajstić information content (AvgIpc) is 2.53. The predicted octanol–water partition coefficient (Wildman–Crippen LogP) is 4.20. The van der Waals surface area contributed by atoms with Gasteiger partial charge >= 0.3 is 0 Å². The third-order valence-corrected chi connectivity index (χ3v) is 4.71. The van der Waals surface area contributed by atoms with E-state index >= 15 is 0 Å². The van der Waals surface area contributed by atoms with E-state index in [0.717, 1.165) is 0 Å². The molecule has 2 rings (SSSR count). The monoisotopic (exact) mass is 218 g/mol. The normalized spacial score (nSPS) is 24.0. The van der Waals surface area contributed by atoms with E-state index in [2.05, 4.69) is 23.5 Å². The smallest absolute Gasteiger partial charge is 0.00675 e. The third kappa shape index (κ3) is 7.75. The van der Waals surface area contributed by atoms with Gasteiger partial charge in [-0.15, -0.1) is 0 Å². The first-order chi connectivity index (χ1) is 6.50. The largest absolute Gasteiger partial charge is 0.162 e. The van der Waals surface area contributed by atoms with Crippen molar-refractivity contribution in [1.29, 1.82) is 0 Å². The lowest BCUT2D eigenvalue weighted by molar-refractivity contribution is 0.726. The highest BCUT2D eigenvalue weighted by atomic mass is 32.2. The molecule has 0 bridgehead atoms. The Bertz CT molecular complexity index is 69.1. The van der Waals surface area contributed by atoms with E-state index in [4.69, 9.17) is 0 Å². The minimum absolute atomic E-state index is 1.42. The van der Waals surface area contributed by atoms with Crippen molar-refractivity contribution in [1.82, 2.24) is 0 Å². The summed E-state index contributed by atoms with van der Waals surface area (Å²) in [6.07, 6.45) is 10.3. The average molecular weight is 218 g/mol. The summed E-state index contributed by atoms with van der Waals surface area (Å²) >= 11 is 4.21. The van der Waals surface area contributed by atoms with E-state index in [9.17, 15) is 0 Å². The van der Waals surface area contributed by atoms with Crippen molar-refractivity contribution in [3.63, 3.8) is 0 Å². The summed E-state index contributed by atoms with van der Waals surface area (Å²) in [5.74, 6) is 5.67. The molecule has 0 N–H and O–H groups in total. The van der Waals surface area contributed by atoms with E-state index in [1.807, 2.05) is 0 Å². The van der Waals surface area contributed by atoms with Crippen molar-refractivity contribution in [2.45, 2.75) is 44.9 Å². The Morgan fingerprint density at radius 1 is 0.385 bits per heavy atom. The lowest BCUT2D eigenvalue weighted by atomic mass is 10.2. The van der Waals surface area contributed by atoms with Crippen LogP contribution < -0.4 is 0 Å². The first-order valence-corrected chi connectivity index (χ1v) is 7.96. The summed E-state index contributed by atoms with van der Waals surface area (Å²) < 4.78 is 0. The second kappa shape index (κ2) is 9.26. The molecule has 0 aliphatic carbocycles. The Labute approximate surface area is 91.6 Å². The van der Waals surface area contributed by atoms with Gasteiger partial charge in [0.2, 0.25) is 0 Å². The molecule has 2 fully saturated rings. The van der Waals surface area contributed by atoms with Gasteiger partial charge in [-0.1, -0.05) is 19.3 Å². The Morgan fingerprint density at radius 2 is 0.692 bits per heavy atom. The Balaban J connectivity index is 0.000000132. The van der Waals surface area contributed by atoms with Crippen LogP contribution in [-0.4, -0.2) is 23.0 Å². The zero-order valence-electron chi connectivity index (χ0n) is 8.59. The lowest BCUT2D eigenvalue weighted by Crippen LogP contribution is -1.91. The SMILES string of the molecule is C1CCCSCC1.C1CCSCC1. The van der Waals surface area contributed by atoms with Gasteiger partial charge in [0.15, 0.2) is 0 Å². The highest BCUT2D eigenvalue weighted by Gasteiger charge is 1.96. The number of thioether (sulfide) groups is 2. The van der Waals surface area contributed by atoms with Gasteiger partial charge in [0.25, 0.3) is 0 Å². The predicted molar refractivity (Wildman–Crippen MR) is 67.0 cm³/mol. The summed E-state index contributed by atoms with van der Waals surface area (Å²) in [6, 6.07) is 0. The second-order valence-corrected chi connectivity index (χ2v) is 6.15. The Hall–Kier alpha value is 0.700. The van der Waals surface area contributed by atoms with Crippen LogP contribution in [0.15, 0.2) is 0 Å². The summed E-state index contributed by atoms with van der Waals surface area (Å²) in [4.78, 5) is 0. The van der Waals surface area contributed by atoms with Crippen LogP contribution in [0.3, 0.4) is 0 Å². The first-order valence-electron chi connectivity index (χ1n) is 5.65. The molecule has 2 aliphatic heterocycles. The molecule has 0 nitrogen and oxygen atoms in total. The lowest BCUT2D eigenvalue weighted by Gasteiger charge is -2.05. The van der Waals surface area contributed by atoms with E-state index in [1.54, 1.807) is 0 Å². The van der Waals surface area contributed by atoms with Crippen molar-refractivity contribution in [3.8, 4) is 0 Å². The summed E-state index contributed by atoms with van der Waals surface area (Å²) in [7, 11) is 0. The molecule has 2 heteroatoms. The van der Waals surface area contributed by atoms with Crippen LogP contribution in [0.4, 0.5) is 0 Å². The van der Waals surface area contributed by atoms with E-state index in [0.29, 0.717) is 0 Å². The van der Waals surface area contributed by atoms with Crippen LogP contribution in [0, 0.1) is 0 Å². The Kier molecular flexibility index (Phi) is 8.39. The maximum absolute atomic E-state index is 2.12. The second-order valence-electron chi connectivity index (χ2n) is 3.70. The van der Waals surface area contributed by atoms with Crippen LogP contribution in [0.2, 0.25) is 0 Å². The standard InChI is InChI=1S/C6H12S.C5H10S/c1-2-4-6-7-5-3-1;1-2-4-6-5-3-1/h1-6H2;1-5H2. The molecule has 0 unspecified atom stereocenters. The fourth-order valence-electron chi connectivity index (χ4n) is 1.55. The van der Waals surface area contributed by atoms with E-state index < -0.39 is 0 Å². The quantitative estimate of drug-likeness (QED) is 0.598. The summed E-state index contributed by atoms with van der Waals surface area (Å²) in [5.41, 5.74) is 0.